The van der Waals surface area contributed by atoms with Gasteiger partial charge in [0.2, 0.25) is 5.91 Å². The molecule has 3 rings (SSSR count). The highest BCUT2D eigenvalue weighted by Crippen LogP contribution is 2.38. The average molecular weight is 572 g/mol. The Morgan fingerprint density at radius 1 is 0.850 bits per heavy atom. The monoisotopic (exact) mass is 571 g/mol. The topological polar surface area (TPSA) is 72.5 Å². The maximum atomic E-state index is 13.6. The fourth-order valence-corrected chi connectivity index (χ4v) is 4.82. The van der Waals surface area contributed by atoms with Crippen molar-refractivity contribution >= 4 is 17.7 Å². The quantitative estimate of drug-likeness (QED) is 0.277. The number of Topliss-reactive ketones (excluding diaryl/α,β-unsaturated/α-hetero) is 1. The molecule has 0 aliphatic heterocycles. The second-order valence-electron chi connectivity index (χ2n) is 10.9. The highest BCUT2D eigenvalue weighted by Gasteiger charge is 2.43. The zero-order valence-electron chi connectivity index (χ0n) is 22.3. The molecule has 40 heavy (non-hydrogen) atoms. The van der Waals surface area contributed by atoms with Gasteiger partial charge >= 0.3 is 18.3 Å². The number of carbonyl (C=O) groups is 3. The lowest BCUT2D eigenvalue weighted by molar-refractivity contribution is -0.171. The molecule has 2 aromatic rings. The van der Waals surface area contributed by atoms with Crippen molar-refractivity contribution in [3.8, 4) is 11.1 Å². The van der Waals surface area contributed by atoms with Crippen LogP contribution in [0.4, 0.5) is 26.3 Å². The summed E-state index contributed by atoms with van der Waals surface area (Å²) in [5.41, 5.74) is 1.28. The molecule has 0 bridgehead atoms. The molecule has 0 unspecified atom stereocenters. The van der Waals surface area contributed by atoms with Crippen molar-refractivity contribution in [2.24, 2.45) is 11.8 Å². The summed E-state index contributed by atoms with van der Waals surface area (Å²) in [7, 11) is 0. The van der Waals surface area contributed by atoms with Crippen LogP contribution in [0, 0.1) is 11.8 Å². The van der Waals surface area contributed by atoms with Gasteiger partial charge in [0.25, 0.3) is 0 Å². The lowest BCUT2D eigenvalue weighted by atomic mass is 9.83. The van der Waals surface area contributed by atoms with Gasteiger partial charge in [-0.3, -0.25) is 14.4 Å². The number of nitrogens with one attached hydrogen (secondary N) is 1. The molecule has 2 aromatic carbocycles. The molecule has 0 fully saturated rings. The van der Waals surface area contributed by atoms with Crippen molar-refractivity contribution in [2.45, 2.75) is 76.9 Å². The van der Waals surface area contributed by atoms with E-state index in [1.807, 2.05) is 0 Å². The average Bonchev–Trinajstić information content (AvgIpc) is 2.93. The third kappa shape index (κ3) is 8.56. The molecule has 0 heterocycles. The Morgan fingerprint density at radius 3 is 1.95 bits per heavy atom. The maximum absolute atomic E-state index is 13.6. The summed E-state index contributed by atoms with van der Waals surface area (Å²) in [4.78, 5) is 39.9. The number of rotatable bonds is 8. The van der Waals surface area contributed by atoms with Gasteiger partial charge in [-0.15, -0.1) is 0 Å². The van der Waals surface area contributed by atoms with E-state index in [4.69, 9.17) is 4.74 Å². The molecule has 0 saturated carbocycles. The fourth-order valence-electron chi connectivity index (χ4n) is 4.82. The largest absolute Gasteiger partial charge is 0.460 e. The van der Waals surface area contributed by atoms with Crippen molar-refractivity contribution in [3.05, 3.63) is 59.7 Å². The van der Waals surface area contributed by atoms with Crippen LogP contribution in [-0.4, -0.2) is 35.6 Å². The number of esters is 1. The number of amides is 1. The number of ketones is 1. The van der Waals surface area contributed by atoms with Gasteiger partial charge in [-0.25, -0.2) is 0 Å². The van der Waals surface area contributed by atoms with Crippen LogP contribution < -0.4 is 5.32 Å². The van der Waals surface area contributed by atoms with Crippen molar-refractivity contribution in [1.29, 1.82) is 0 Å². The third-order valence-corrected chi connectivity index (χ3v) is 6.56. The molecule has 1 aliphatic carbocycles. The van der Waals surface area contributed by atoms with E-state index in [2.05, 4.69) is 5.32 Å². The summed E-state index contributed by atoms with van der Waals surface area (Å²) in [6.45, 7) is 4.36. The normalized spacial score (nSPS) is 17.2. The minimum absolute atomic E-state index is 0.0907. The summed E-state index contributed by atoms with van der Waals surface area (Å²) in [5.74, 6) is -6.44. The number of ether oxygens (including phenoxy) is 1. The van der Waals surface area contributed by atoms with Crippen LogP contribution in [0.25, 0.3) is 11.1 Å². The second kappa shape index (κ2) is 12.0. The van der Waals surface area contributed by atoms with Crippen LogP contribution in [0.1, 0.15) is 63.6 Å². The Balaban J connectivity index is 2.00. The Kier molecular flexibility index (Phi) is 9.36. The molecule has 0 radical (unpaired) electrons. The predicted octanol–water partition coefficient (Wildman–Crippen LogP) is 6.90. The van der Waals surface area contributed by atoms with Gasteiger partial charge in [0.05, 0.1) is 11.8 Å². The highest BCUT2D eigenvalue weighted by atomic mass is 19.4. The van der Waals surface area contributed by atoms with E-state index in [0.717, 1.165) is 5.56 Å². The second-order valence-corrected chi connectivity index (χ2v) is 10.9. The Hall–Kier alpha value is -3.37. The lowest BCUT2D eigenvalue weighted by Gasteiger charge is -2.30. The molecule has 1 aliphatic rings. The molecule has 218 valence electrons. The molecule has 0 spiro atoms. The first kappa shape index (κ1) is 31.2. The van der Waals surface area contributed by atoms with Crippen LogP contribution in [-0.2, 0) is 25.5 Å². The predicted molar refractivity (Wildman–Crippen MR) is 135 cm³/mol. The summed E-state index contributed by atoms with van der Waals surface area (Å²) >= 11 is 0. The summed E-state index contributed by atoms with van der Waals surface area (Å²) in [5, 5.41) is 2.49. The Morgan fingerprint density at radius 2 is 1.38 bits per heavy atom. The van der Waals surface area contributed by atoms with E-state index < -0.39 is 79.2 Å². The minimum atomic E-state index is -4.74. The SMILES string of the molecule is CC(C)(C)OC(=O)[C@@H](CCC(F)(F)F)[C@@H](CCC(F)(F)F)C(=O)N[C@@H]1C(=O)Cc2ccccc2-c2ccccc21. The number of halogens is 6. The van der Waals surface area contributed by atoms with Crippen LogP contribution in [0.3, 0.4) is 0 Å². The highest BCUT2D eigenvalue weighted by molar-refractivity contribution is 5.97. The lowest BCUT2D eigenvalue weighted by Crippen LogP contribution is -2.44. The van der Waals surface area contributed by atoms with Gasteiger partial charge in [-0.2, -0.15) is 26.3 Å². The van der Waals surface area contributed by atoms with Crippen molar-refractivity contribution in [1.82, 2.24) is 5.32 Å². The smallest absolute Gasteiger partial charge is 0.389 e. The maximum Gasteiger partial charge on any atom is 0.389 e. The summed E-state index contributed by atoms with van der Waals surface area (Å²) < 4.78 is 84.3. The van der Waals surface area contributed by atoms with Gasteiger partial charge in [0.15, 0.2) is 5.78 Å². The molecular weight excluding hydrogens is 540 g/mol. The van der Waals surface area contributed by atoms with Crippen molar-refractivity contribution in [3.63, 3.8) is 0 Å². The van der Waals surface area contributed by atoms with Crippen LogP contribution in [0.15, 0.2) is 48.5 Å². The number of carbonyl (C=O) groups excluding carboxylic acids is 3. The van der Waals surface area contributed by atoms with Gasteiger partial charge in [0, 0.05) is 19.3 Å². The Labute approximate surface area is 228 Å². The molecule has 1 amide bonds. The fraction of sp³-hybridized carbons (Fsp3) is 0.483. The van der Waals surface area contributed by atoms with E-state index in [0.29, 0.717) is 16.7 Å². The number of alkyl halides is 6. The van der Waals surface area contributed by atoms with Gasteiger partial charge < -0.3 is 10.1 Å². The first-order chi connectivity index (χ1) is 18.5. The first-order valence-electron chi connectivity index (χ1n) is 12.8. The van der Waals surface area contributed by atoms with E-state index in [1.165, 1.54) is 20.8 Å². The van der Waals surface area contributed by atoms with Crippen LogP contribution in [0.5, 0.6) is 0 Å². The minimum Gasteiger partial charge on any atom is -0.460 e. The molecule has 11 heteroatoms. The molecule has 0 saturated heterocycles. The van der Waals surface area contributed by atoms with Crippen molar-refractivity contribution < 1.29 is 45.5 Å². The van der Waals surface area contributed by atoms with Crippen LogP contribution >= 0.6 is 0 Å². The number of hydrogen-bond acceptors (Lipinski definition) is 4. The van der Waals surface area contributed by atoms with Gasteiger partial charge in [0.1, 0.15) is 11.6 Å². The standard InChI is InChI=1S/C29H31F6NO4/c1-27(2,3)40-26(39)22(13-15-29(33,34)35)21(12-14-28(30,31)32)25(38)36-24-20-11-7-6-10-19(20)18-9-5-4-8-17(18)16-23(24)37/h4-11,21-22,24H,12-16H2,1-3H3,(H,36,38)/t21-,22+,24+/m1/s1. The zero-order valence-corrected chi connectivity index (χ0v) is 22.3. The molecular formula is C29H31F6NO4. The molecule has 5 nitrogen and oxygen atoms in total. The number of hydrogen-bond donors (Lipinski definition) is 1. The van der Waals surface area contributed by atoms with E-state index in [-0.39, 0.29) is 6.42 Å². The molecule has 0 aromatic heterocycles. The summed E-state index contributed by atoms with van der Waals surface area (Å²) in [6.07, 6.45) is -14.5. The Bertz CT molecular complexity index is 1230. The van der Waals surface area contributed by atoms with E-state index >= 15 is 0 Å². The van der Waals surface area contributed by atoms with Gasteiger partial charge in [-0.1, -0.05) is 48.5 Å². The number of fused-ring (bicyclic) bond motifs is 3. The molecule has 3 atom stereocenters. The molecule has 1 N–H and O–H groups in total. The third-order valence-electron chi connectivity index (χ3n) is 6.56. The van der Waals surface area contributed by atoms with Gasteiger partial charge in [-0.05, 0) is 55.9 Å². The van der Waals surface area contributed by atoms with Crippen LogP contribution in [0.2, 0.25) is 0 Å². The van der Waals surface area contributed by atoms with Crippen molar-refractivity contribution in [2.75, 3.05) is 0 Å². The first-order valence-corrected chi connectivity index (χ1v) is 12.8. The summed E-state index contributed by atoms with van der Waals surface area (Å²) in [6, 6.07) is 12.5. The number of benzene rings is 2. The van der Waals surface area contributed by atoms with E-state index in [9.17, 15) is 40.7 Å². The van der Waals surface area contributed by atoms with E-state index in [1.54, 1.807) is 48.5 Å². The zero-order chi connectivity index (χ0) is 29.9.